The zero-order valence-electron chi connectivity index (χ0n) is 30.4. The highest BCUT2D eigenvalue weighted by atomic mass is 28.4. The Morgan fingerprint density at radius 1 is 0.521 bits per heavy atom. The van der Waals surface area contributed by atoms with Crippen LogP contribution in [0.5, 0.6) is 5.75 Å². The molecule has 0 fully saturated rings. The fraction of sp³-hybridized carbons (Fsp3) is 0.794. The van der Waals surface area contributed by atoms with Crippen molar-refractivity contribution >= 4 is 19.9 Å². The summed E-state index contributed by atoms with van der Waals surface area (Å²) < 4.78 is 61.2. The molecule has 0 aliphatic carbocycles. The maximum atomic E-state index is 11.0. The van der Waals surface area contributed by atoms with Gasteiger partial charge in [0.15, 0.2) is 8.32 Å². The number of carbonyl (C=O) groups is 1. The van der Waals surface area contributed by atoms with Crippen molar-refractivity contribution in [1.29, 1.82) is 0 Å². The van der Waals surface area contributed by atoms with Crippen molar-refractivity contribution in [2.75, 3.05) is 137 Å². The van der Waals surface area contributed by atoms with Crippen molar-refractivity contribution < 1.29 is 56.6 Å². The summed E-state index contributed by atoms with van der Waals surface area (Å²) in [5, 5.41) is 2.93. The Bertz CT molecular complexity index is 886. The summed E-state index contributed by atoms with van der Waals surface area (Å²) >= 11 is 0. The lowest BCUT2D eigenvalue weighted by Crippen LogP contribution is -2.41. The number of hydrogen-bond acceptors (Lipinski definition) is 12. The second-order valence-electron chi connectivity index (χ2n) is 12.2. The van der Waals surface area contributed by atoms with Crippen LogP contribution in [0.2, 0.25) is 18.1 Å². The summed E-state index contributed by atoms with van der Waals surface area (Å²) in [7, 11) is -1.70. The van der Waals surface area contributed by atoms with Crippen molar-refractivity contribution in [2.24, 2.45) is 0 Å². The molecule has 0 spiro atoms. The Labute approximate surface area is 289 Å². The highest BCUT2D eigenvalue weighted by molar-refractivity contribution is 6.74. The molecule has 14 heteroatoms. The Balaban J connectivity index is 1.69. The Morgan fingerprint density at radius 2 is 0.812 bits per heavy atom. The molecule has 0 atom stereocenters. The van der Waals surface area contributed by atoms with E-state index in [9.17, 15) is 4.79 Å². The van der Waals surface area contributed by atoms with Crippen LogP contribution in [0.4, 0.5) is 5.69 Å². The van der Waals surface area contributed by atoms with Gasteiger partial charge in [-0.1, -0.05) is 20.8 Å². The van der Waals surface area contributed by atoms with Gasteiger partial charge < -0.3 is 57.1 Å². The van der Waals surface area contributed by atoms with E-state index in [1.54, 1.807) is 24.3 Å². The van der Waals surface area contributed by atoms with Crippen molar-refractivity contribution in [3.63, 3.8) is 0 Å². The second kappa shape index (κ2) is 29.1. The predicted octanol–water partition coefficient (Wildman–Crippen LogP) is 4.20. The normalized spacial score (nSPS) is 12.0. The van der Waals surface area contributed by atoms with Gasteiger partial charge in [-0.2, -0.15) is 0 Å². The molecule has 0 bridgehead atoms. The first-order chi connectivity index (χ1) is 23.1. The molecule has 1 aromatic carbocycles. The number of carbonyl (C=O) groups excluding carboxylic acids is 1. The fourth-order valence-electron chi connectivity index (χ4n) is 3.49. The first-order valence-electron chi connectivity index (χ1n) is 17.0. The molecule has 0 aliphatic heterocycles. The fourth-order valence-corrected chi connectivity index (χ4v) is 4.52. The van der Waals surface area contributed by atoms with E-state index in [4.69, 9.17) is 51.8 Å². The van der Waals surface area contributed by atoms with E-state index in [0.29, 0.717) is 132 Å². The third-order valence-electron chi connectivity index (χ3n) is 7.14. The summed E-state index contributed by atoms with van der Waals surface area (Å²) in [6.45, 7) is 22.9. The van der Waals surface area contributed by atoms with Crippen LogP contribution in [0.1, 0.15) is 27.7 Å². The van der Waals surface area contributed by atoms with Gasteiger partial charge in [-0.15, -0.1) is 0 Å². The minimum absolute atomic E-state index is 0.107. The van der Waals surface area contributed by atoms with Crippen LogP contribution in [-0.2, 0) is 51.9 Å². The predicted molar refractivity (Wildman–Crippen MR) is 187 cm³/mol. The number of rotatable bonds is 33. The zero-order chi connectivity index (χ0) is 35.2. The van der Waals surface area contributed by atoms with Crippen LogP contribution < -0.4 is 10.1 Å². The van der Waals surface area contributed by atoms with Crippen molar-refractivity contribution in [1.82, 2.24) is 0 Å². The van der Waals surface area contributed by atoms with E-state index in [2.05, 4.69) is 39.2 Å². The van der Waals surface area contributed by atoms with Crippen LogP contribution in [0.15, 0.2) is 24.3 Å². The van der Waals surface area contributed by atoms with E-state index in [-0.39, 0.29) is 10.9 Å². The number of benzene rings is 1. The van der Waals surface area contributed by atoms with Crippen LogP contribution >= 0.6 is 0 Å². The van der Waals surface area contributed by atoms with Crippen molar-refractivity contribution in [2.45, 2.75) is 45.8 Å². The van der Waals surface area contributed by atoms with Crippen molar-refractivity contribution in [3.05, 3.63) is 24.3 Å². The van der Waals surface area contributed by atoms with Gasteiger partial charge in [0.1, 0.15) is 12.4 Å². The largest absolute Gasteiger partial charge is 0.491 e. The lowest BCUT2D eigenvalue weighted by Gasteiger charge is -2.36. The average Bonchev–Trinajstić information content (AvgIpc) is 3.03. The van der Waals surface area contributed by atoms with E-state index in [1.165, 1.54) is 6.92 Å². The lowest BCUT2D eigenvalue weighted by molar-refractivity contribution is -0.114. The molecular weight excluding hydrogens is 642 g/mol. The van der Waals surface area contributed by atoms with Crippen LogP contribution in [0.25, 0.3) is 0 Å². The summed E-state index contributed by atoms with van der Waals surface area (Å²) in [4.78, 5) is 11.0. The molecule has 1 aromatic rings. The lowest BCUT2D eigenvalue weighted by atomic mass is 10.2. The molecule has 0 saturated carbocycles. The quantitative estimate of drug-likeness (QED) is 0.0831. The van der Waals surface area contributed by atoms with Crippen molar-refractivity contribution in [3.8, 4) is 5.75 Å². The highest BCUT2D eigenvalue weighted by Crippen LogP contribution is 2.36. The molecule has 1 rings (SSSR count). The van der Waals surface area contributed by atoms with Gasteiger partial charge in [0, 0.05) is 12.6 Å². The smallest absolute Gasteiger partial charge is 0.221 e. The maximum absolute atomic E-state index is 11.0. The second-order valence-corrected chi connectivity index (χ2v) is 17.0. The molecule has 0 saturated heterocycles. The monoisotopic (exact) mass is 705 g/mol. The van der Waals surface area contributed by atoms with Gasteiger partial charge in [-0.3, -0.25) is 4.79 Å². The van der Waals surface area contributed by atoms with Gasteiger partial charge >= 0.3 is 0 Å². The molecule has 0 aromatic heterocycles. The number of anilines is 1. The zero-order valence-corrected chi connectivity index (χ0v) is 31.4. The summed E-state index contributed by atoms with van der Waals surface area (Å²) in [6.07, 6.45) is 0. The van der Waals surface area contributed by atoms with Gasteiger partial charge in [0.2, 0.25) is 5.91 Å². The van der Waals surface area contributed by atoms with Gasteiger partial charge in [-0.05, 0) is 42.4 Å². The Morgan fingerprint density at radius 3 is 1.10 bits per heavy atom. The number of amides is 1. The SMILES string of the molecule is CC(=O)Nc1ccc(OCCOCCOCCOCCOCCOCCOCCOCCOCCOCCO[Si](C)(C)C(C)(C)C)cc1. The van der Waals surface area contributed by atoms with E-state index in [0.717, 1.165) is 11.4 Å². The van der Waals surface area contributed by atoms with E-state index >= 15 is 0 Å². The number of nitrogens with one attached hydrogen (secondary N) is 1. The first kappa shape index (κ1) is 44.3. The molecule has 0 heterocycles. The topological polar surface area (TPSA) is 131 Å². The molecule has 280 valence electrons. The minimum Gasteiger partial charge on any atom is -0.491 e. The molecule has 13 nitrogen and oxygen atoms in total. The van der Waals surface area contributed by atoms with Gasteiger partial charge in [0.05, 0.1) is 126 Å². The average molecular weight is 706 g/mol. The third-order valence-corrected chi connectivity index (χ3v) is 11.7. The van der Waals surface area contributed by atoms with Crippen LogP contribution in [-0.4, -0.2) is 146 Å². The molecule has 0 radical (unpaired) electrons. The van der Waals surface area contributed by atoms with Crippen LogP contribution in [0, 0.1) is 0 Å². The van der Waals surface area contributed by atoms with E-state index in [1.807, 2.05) is 0 Å². The van der Waals surface area contributed by atoms with Gasteiger partial charge in [-0.25, -0.2) is 0 Å². The number of ether oxygens (including phenoxy) is 10. The van der Waals surface area contributed by atoms with Crippen LogP contribution in [0.3, 0.4) is 0 Å². The third kappa shape index (κ3) is 26.2. The highest BCUT2D eigenvalue weighted by Gasteiger charge is 2.36. The molecule has 1 amide bonds. The molecule has 1 N–H and O–H groups in total. The molecule has 48 heavy (non-hydrogen) atoms. The summed E-state index contributed by atoms with van der Waals surface area (Å²) in [5.41, 5.74) is 0.733. The Hall–Kier alpha value is -1.69. The summed E-state index contributed by atoms with van der Waals surface area (Å²) in [5.74, 6) is 0.611. The Kier molecular flexibility index (Phi) is 26.9. The summed E-state index contributed by atoms with van der Waals surface area (Å²) in [6, 6.07) is 7.18. The minimum atomic E-state index is -1.70. The first-order valence-corrected chi connectivity index (χ1v) is 19.9. The molecule has 0 aliphatic rings. The number of hydrogen-bond donors (Lipinski definition) is 1. The van der Waals surface area contributed by atoms with Gasteiger partial charge in [0.25, 0.3) is 0 Å². The standard InChI is InChI=1S/C34H63NO12Si/c1-31(36)35-32-7-9-33(10-8-32)46-29-27-44-25-23-42-21-19-40-17-15-38-13-11-37-12-14-39-16-18-41-20-22-43-24-26-45-28-30-47-48(5,6)34(2,3)4/h7-10H,11-30H2,1-6H3,(H,35,36). The van der Waals surface area contributed by atoms with E-state index < -0.39 is 8.32 Å². The molecular formula is C34H63NO12Si. The maximum Gasteiger partial charge on any atom is 0.221 e. The molecule has 0 unspecified atom stereocenters.